The Morgan fingerprint density at radius 3 is 2.11 bits per heavy atom. The molecule has 1 aromatic carbocycles. The van der Waals surface area contributed by atoms with E-state index in [-0.39, 0.29) is 0 Å². The second-order valence-electron chi connectivity index (χ2n) is 4.14. The number of benzene rings is 1. The van der Waals surface area contributed by atoms with Gasteiger partial charge in [-0.25, -0.2) is 0 Å². The number of alkyl halides is 3. The molecule has 0 amide bonds. The molecule has 0 unspecified atom stereocenters. The summed E-state index contributed by atoms with van der Waals surface area (Å²) in [5, 5.41) is 2.98. The number of hydrogen-bond donors (Lipinski definition) is 1. The fourth-order valence-corrected chi connectivity index (χ4v) is 1.73. The van der Waals surface area contributed by atoms with Gasteiger partial charge in [-0.2, -0.15) is 13.2 Å². The molecule has 1 N–H and O–H groups in total. The molecule has 2 aromatic rings. The first-order valence-electron chi connectivity index (χ1n) is 5.78. The zero-order chi connectivity index (χ0) is 13.9. The Bertz CT molecular complexity index is 530. The molecular formula is C14H13F3N2. The Morgan fingerprint density at radius 2 is 1.63 bits per heavy atom. The summed E-state index contributed by atoms with van der Waals surface area (Å²) in [7, 11) is 1.82. The van der Waals surface area contributed by atoms with E-state index in [0.717, 1.165) is 29.0 Å². The van der Waals surface area contributed by atoms with Gasteiger partial charge in [0.15, 0.2) is 0 Å². The number of pyridine rings is 1. The first kappa shape index (κ1) is 13.5. The fourth-order valence-electron chi connectivity index (χ4n) is 1.73. The van der Waals surface area contributed by atoms with Crippen molar-refractivity contribution in [2.24, 2.45) is 0 Å². The van der Waals surface area contributed by atoms with Crippen molar-refractivity contribution < 1.29 is 13.2 Å². The molecule has 0 aliphatic heterocycles. The molecule has 2 rings (SSSR count). The number of nitrogens with one attached hydrogen (secondary N) is 1. The van der Waals surface area contributed by atoms with Crippen molar-refractivity contribution in [3.05, 3.63) is 53.9 Å². The van der Waals surface area contributed by atoms with Gasteiger partial charge in [0, 0.05) is 18.3 Å². The first-order chi connectivity index (χ1) is 9.00. The van der Waals surface area contributed by atoms with Gasteiger partial charge < -0.3 is 5.32 Å². The summed E-state index contributed by atoms with van der Waals surface area (Å²) in [6.45, 7) is 0.660. The third kappa shape index (κ3) is 3.32. The van der Waals surface area contributed by atoms with Crippen LogP contribution in [-0.2, 0) is 12.7 Å². The third-order valence-electron chi connectivity index (χ3n) is 2.73. The van der Waals surface area contributed by atoms with E-state index >= 15 is 0 Å². The number of aromatic nitrogens is 1. The van der Waals surface area contributed by atoms with Crippen LogP contribution in [0.1, 0.15) is 11.3 Å². The lowest BCUT2D eigenvalue weighted by atomic mass is 10.1. The van der Waals surface area contributed by atoms with Gasteiger partial charge in [0.05, 0.1) is 11.3 Å². The summed E-state index contributed by atoms with van der Waals surface area (Å²) in [5.41, 5.74) is 1.76. The van der Waals surface area contributed by atoms with Crippen molar-refractivity contribution in [2.45, 2.75) is 12.7 Å². The summed E-state index contributed by atoms with van der Waals surface area (Å²) in [6.07, 6.45) is -2.64. The van der Waals surface area contributed by atoms with Crippen molar-refractivity contribution in [3.63, 3.8) is 0 Å². The summed E-state index contributed by atoms with van der Waals surface area (Å²) in [6, 6.07) is 8.77. The number of rotatable bonds is 3. The molecule has 0 bridgehead atoms. The Labute approximate surface area is 109 Å². The van der Waals surface area contributed by atoms with Crippen molar-refractivity contribution in [3.8, 4) is 11.1 Å². The molecule has 1 heterocycles. The number of nitrogens with zero attached hydrogens (tertiary/aromatic N) is 1. The van der Waals surface area contributed by atoms with Crippen LogP contribution in [0.2, 0.25) is 0 Å². The molecule has 1 aromatic heterocycles. The van der Waals surface area contributed by atoms with Crippen LogP contribution in [0.25, 0.3) is 11.1 Å². The predicted molar refractivity (Wildman–Crippen MR) is 67.4 cm³/mol. The standard InChI is InChI=1S/C14H13F3N2/c1-18-9-13-7-4-11(8-19-13)10-2-5-12(6-3-10)14(15,16)17/h2-8,18H,9H2,1H3. The Hall–Kier alpha value is -1.88. The van der Waals surface area contributed by atoms with Crippen molar-refractivity contribution >= 4 is 0 Å². The lowest BCUT2D eigenvalue weighted by molar-refractivity contribution is -0.137. The van der Waals surface area contributed by atoms with Crippen LogP contribution in [-0.4, -0.2) is 12.0 Å². The molecule has 0 saturated heterocycles. The van der Waals surface area contributed by atoms with E-state index < -0.39 is 11.7 Å². The molecule has 0 spiro atoms. The normalized spacial score (nSPS) is 11.6. The van der Waals surface area contributed by atoms with Gasteiger partial charge in [0.1, 0.15) is 0 Å². The number of halogens is 3. The molecule has 2 nitrogen and oxygen atoms in total. The van der Waals surface area contributed by atoms with Gasteiger partial charge in [-0.3, -0.25) is 4.98 Å². The minimum absolute atomic E-state index is 0.643. The molecular weight excluding hydrogens is 253 g/mol. The van der Waals surface area contributed by atoms with Crippen LogP contribution in [0.15, 0.2) is 42.6 Å². The van der Waals surface area contributed by atoms with Gasteiger partial charge in [-0.05, 0) is 30.8 Å². The van der Waals surface area contributed by atoms with Crippen LogP contribution < -0.4 is 5.32 Å². The van der Waals surface area contributed by atoms with E-state index in [1.807, 2.05) is 19.2 Å². The highest BCUT2D eigenvalue weighted by molar-refractivity contribution is 5.62. The summed E-state index contributed by atoms with van der Waals surface area (Å²) < 4.78 is 37.3. The van der Waals surface area contributed by atoms with E-state index in [0.29, 0.717) is 6.54 Å². The molecule has 5 heteroatoms. The van der Waals surface area contributed by atoms with Gasteiger partial charge in [0.25, 0.3) is 0 Å². The SMILES string of the molecule is CNCc1ccc(-c2ccc(C(F)(F)F)cc2)cn1. The van der Waals surface area contributed by atoms with Crippen LogP contribution in [0, 0.1) is 0 Å². The molecule has 100 valence electrons. The largest absolute Gasteiger partial charge is 0.416 e. The average molecular weight is 266 g/mol. The van der Waals surface area contributed by atoms with Crippen molar-refractivity contribution in [1.29, 1.82) is 0 Å². The topological polar surface area (TPSA) is 24.9 Å². The van der Waals surface area contributed by atoms with Crippen LogP contribution >= 0.6 is 0 Å². The van der Waals surface area contributed by atoms with Gasteiger partial charge >= 0.3 is 6.18 Å². The summed E-state index contributed by atoms with van der Waals surface area (Å²) in [4.78, 5) is 4.23. The van der Waals surface area contributed by atoms with Crippen molar-refractivity contribution in [2.75, 3.05) is 7.05 Å². The predicted octanol–water partition coefficient (Wildman–Crippen LogP) is 3.49. The van der Waals surface area contributed by atoms with Gasteiger partial charge in [-0.1, -0.05) is 18.2 Å². The molecule has 0 aliphatic carbocycles. The molecule has 19 heavy (non-hydrogen) atoms. The fraction of sp³-hybridized carbons (Fsp3) is 0.214. The molecule has 0 radical (unpaired) electrons. The molecule has 0 saturated carbocycles. The lowest BCUT2D eigenvalue weighted by Gasteiger charge is -2.08. The lowest BCUT2D eigenvalue weighted by Crippen LogP contribution is -2.06. The Balaban J connectivity index is 2.22. The monoisotopic (exact) mass is 266 g/mol. The van der Waals surface area contributed by atoms with Crippen LogP contribution in [0.3, 0.4) is 0 Å². The van der Waals surface area contributed by atoms with E-state index in [9.17, 15) is 13.2 Å². The Morgan fingerprint density at radius 1 is 1.00 bits per heavy atom. The van der Waals surface area contributed by atoms with E-state index in [1.54, 1.807) is 6.20 Å². The maximum atomic E-state index is 12.4. The third-order valence-corrected chi connectivity index (χ3v) is 2.73. The second-order valence-corrected chi connectivity index (χ2v) is 4.14. The van der Waals surface area contributed by atoms with Gasteiger partial charge in [-0.15, -0.1) is 0 Å². The van der Waals surface area contributed by atoms with E-state index in [1.165, 1.54) is 12.1 Å². The summed E-state index contributed by atoms with van der Waals surface area (Å²) >= 11 is 0. The molecule has 0 atom stereocenters. The van der Waals surface area contributed by atoms with Crippen LogP contribution in [0.5, 0.6) is 0 Å². The highest BCUT2D eigenvalue weighted by atomic mass is 19.4. The second kappa shape index (κ2) is 5.40. The zero-order valence-electron chi connectivity index (χ0n) is 10.3. The minimum Gasteiger partial charge on any atom is -0.314 e. The maximum absolute atomic E-state index is 12.4. The van der Waals surface area contributed by atoms with Crippen LogP contribution in [0.4, 0.5) is 13.2 Å². The first-order valence-corrected chi connectivity index (χ1v) is 5.78. The number of hydrogen-bond acceptors (Lipinski definition) is 2. The molecule has 0 fully saturated rings. The van der Waals surface area contributed by atoms with E-state index in [2.05, 4.69) is 10.3 Å². The molecule has 0 aliphatic rings. The maximum Gasteiger partial charge on any atom is 0.416 e. The average Bonchev–Trinajstić information content (AvgIpc) is 2.39. The zero-order valence-corrected chi connectivity index (χ0v) is 10.3. The highest BCUT2D eigenvalue weighted by Crippen LogP contribution is 2.30. The minimum atomic E-state index is -4.30. The quantitative estimate of drug-likeness (QED) is 0.919. The van der Waals surface area contributed by atoms with Gasteiger partial charge in [0.2, 0.25) is 0 Å². The highest BCUT2D eigenvalue weighted by Gasteiger charge is 2.29. The van der Waals surface area contributed by atoms with E-state index in [4.69, 9.17) is 0 Å². The van der Waals surface area contributed by atoms with Crippen molar-refractivity contribution in [1.82, 2.24) is 10.3 Å². The summed E-state index contributed by atoms with van der Waals surface area (Å²) in [5.74, 6) is 0. The Kier molecular flexibility index (Phi) is 3.85. The smallest absolute Gasteiger partial charge is 0.314 e.